The van der Waals surface area contributed by atoms with Crippen molar-refractivity contribution in [3.05, 3.63) is 23.7 Å². The van der Waals surface area contributed by atoms with Crippen LogP contribution in [0.4, 0.5) is 0 Å². The van der Waals surface area contributed by atoms with E-state index in [9.17, 15) is 0 Å². The molecule has 1 aromatic rings. The molecule has 7 nitrogen and oxygen atoms in total. The Bertz CT molecular complexity index is 691. The van der Waals surface area contributed by atoms with Gasteiger partial charge in [0, 0.05) is 38.7 Å². The minimum Gasteiger partial charge on any atom is -0.465 e. The van der Waals surface area contributed by atoms with Gasteiger partial charge < -0.3 is 24.5 Å². The zero-order chi connectivity index (χ0) is 22.3. The van der Waals surface area contributed by atoms with Crippen LogP contribution < -0.4 is 10.6 Å². The average Bonchev–Trinajstić information content (AvgIpc) is 3.18. The van der Waals surface area contributed by atoms with Crippen molar-refractivity contribution in [3.8, 4) is 0 Å². The van der Waals surface area contributed by atoms with Gasteiger partial charge in [0.2, 0.25) is 0 Å². The molecule has 0 spiro atoms. The van der Waals surface area contributed by atoms with E-state index in [0.717, 1.165) is 69.9 Å². The normalized spacial score (nSPS) is 24.7. The van der Waals surface area contributed by atoms with Gasteiger partial charge in [-0.05, 0) is 44.2 Å². The fourth-order valence-corrected chi connectivity index (χ4v) is 4.66. The molecule has 31 heavy (non-hydrogen) atoms. The molecule has 3 atom stereocenters. The van der Waals surface area contributed by atoms with E-state index in [4.69, 9.17) is 18.9 Å². The third-order valence-electron chi connectivity index (χ3n) is 6.17. The second kappa shape index (κ2) is 11.3. The van der Waals surface area contributed by atoms with Crippen molar-refractivity contribution in [2.75, 3.05) is 52.5 Å². The van der Waals surface area contributed by atoms with Gasteiger partial charge in [-0.15, -0.1) is 0 Å². The Morgan fingerprint density at radius 3 is 2.61 bits per heavy atom. The molecule has 2 fully saturated rings. The summed E-state index contributed by atoms with van der Waals surface area (Å²) in [5, 5.41) is 7.01. The lowest BCUT2D eigenvalue weighted by Gasteiger charge is -2.40. The second-order valence-electron chi connectivity index (χ2n) is 9.77. The van der Waals surface area contributed by atoms with Crippen LogP contribution in [0.25, 0.3) is 0 Å². The van der Waals surface area contributed by atoms with E-state index in [-0.39, 0.29) is 17.6 Å². The van der Waals surface area contributed by atoms with Gasteiger partial charge >= 0.3 is 0 Å². The molecule has 2 aliphatic heterocycles. The summed E-state index contributed by atoms with van der Waals surface area (Å²) in [7, 11) is 0. The lowest BCUT2D eigenvalue weighted by Crippen LogP contribution is -2.47. The van der Waals surface area contributed by atoms with Crippen LogP contribution in [0, 0.1) is 18.3 Å². The molecule has 3 unspecified atom stereocenters. The molecule has 7 heteroatoms. The number of hydrogen-bond donors (Lipinski definition) is 2. The molecule has 0 saturated carbocycles. The molecule has 0 radical (unpaired) electrons. The third-order valence-corrected chi connectivity index (χ3v) is 6.17. The summed E-state index contributed by atoms with van der Waals surface area (Å²) >= 11 is 0. The summed E-state index contributed by atoms with van der Waals surface area (Å²) in [6.45, 7) is 17.4. The quantitative estimate of drug-likeness (QED) is 0.507. The predicted molar refractivity (Wildman–Crippen MR) is 124 cm³/mol. The smallest absolute Gasteiger partial charge is 0.191 e. The maximum absolute atomic E-state index is 6.15. The van der Waals surface area contributed by atoms with E-state index in [1.807, 2.05) is 13.0 Å². The number of ether oxygens (including phenoxy) is 2. The van der Waals surface area contributed by atoms with Crippen molar-refractivity contribution in [2.24, 2.45) is 16.3 Å². The second-order valence-corrected chi connectivity index (χ2v) is 9.77. The van der Waals surface area contributed by atoms with E-state index in [0.29, 0.717) is 12.5 Å². The fourth-order valence-electron chi connectivity index (χ4n) is 4.66. The molecule has 3 heterocycles. The first-order valence-corrected chi connectivity index (χ1v) is 11.9. The van der Waals surface area contributed by atoms with E-state index in [2.05, 4.69) is 49.3 Å². The van der Waals surface area contributed by atoms with Gasteiger partial charge in [-0.1, -0.05) is 20.8 Å². The number of aryl methyl sites for hydroxylation is 1. The zero-order valence-electron chi connectivity index (χ0n) is 20.1. The highest BCUT2D eigenvalue weighted by molar-refractivity contribution is 5.79. The van der Waals surface area contributed by atoms with Crippen molar-refractivity contribution in [1.82, 2.24) is 15.5 Å². The van der Waals surface area contributed by atoms with Crippen LogP contribution in [-0.4, -0.2) is 69.5 Å². The van der Waals surface area contributed by atoms with Crippen LogP contribution in [0.5, 0.6) is 0 Å². The number of guanidine groups is 1. The summed E-state index contributed by atoms with van der Waals surface area (Å²) in [6.07, 6.45) is 2.59. The number of furan rings is 1. The van der Waals surface area contributed by atoms with E-state index in [1.54, 1.807) is 0 Å². The van der Waals surface area contributed by atoms with Crippen molar-refractivity contribution in [1.29, 1.82) is 0 Å². The minimum atomic E-state index is 0.119. The van der Waals surface area contributed by atoms with Crippen LogP contribution in [0.15, 0.2) is 21.5 Å². The van der Waals surface area contributed by atoms with Gasteiger partial charge in [0.05, 0.1) is 31.9 Å². The lowest BCUT2D eigenvalue weighted by atomic mass is 9.78. The van der Waals surface area contributed by atoms with E-state index in [1.165, 1.54) is 6.42 Å². The topological polar surface area (TPSA) is 71.3 Å². The molecule has 2 aliphatic rings. The summed E-state index contributed by atoms with van der Waals surface area (Å²) < 4.78 is 17.7. The maximum atomic E-state index is 6.15. The highest BCUT2D eigenvalue weighted by Gasteiger charge is 2.35. The van der Waals surface area contributed by atoms with Crippen molar-refractivity contribution in [3.63, 3.8) is 0 Å². The Morgan fingerprint density at radius 1 is 1.19 bits per heavy atom. The Kier molecular flexibility index (Phi) is 8.81. The summed E-state index contributed by atoms with van der Waals surface area (Å²) in [5.41, 5.74) is 0.140. The van der Waals surface area contributed by atoms with Crippen molar-refractivity contribution >= 4 is 5.96 Å². The van der Waals surface area contributed by atoms with Gasteiger partial charge in [0.1, 0.15) is 11.5 Å². The van der Waals surface area contributed by atoms with Gasteiger partial charge in [0.15, 0.2) is 5.96 Å². The lowest BCUT2D eigenvalue weighted by molar-refractivity contribution is -0.0835. The van der Waals surface area contributed by atoms with E-state index < -0.39 is 0 Å². The van der Waals surface area contributed by atoms with Crippen LogP contribution in [-0.2, 0) is 9.47 Å². The largest absolute Gasteiger partial charge is 0.465 e. The molecule has 1 aromatic heterocycles. The van der Waals surface area contributed by atoms with E-state index >= 15 is 0 Å². The number of hydrogen-bond acceptors (Lipinski definition) is 5. The molecule has 0 amide bonds. The van der Waals surface area contributed by atoms with Crippen LogP contribution in [0.3, 0.4) is 0 Å². The first kappa shape index (κ1) is 24.1. The number of rotatable bonds is 7. The maximum Gasteiger partial charge on any atom is 0.191 e. The molecule has 176 valence electrons. The standard InChI is InChI=1S/C24H42N4O3/c1-6-25-23(26-16-19-8-7-13-30-22(19)24(3,4)5)27-17-20(21-10-9-18(2)31-21)28-11-14-29-15-12-28/h9-10,19-20,22H,6-8,11-17H2,1-5H3,(H2,25,26,27). The fraction of sp³-hybridized carbons (Fsp3) is 0.792. The average molecular weight is 435 g/mol. The zero-order valence-corrected chi connectivity index (χ0v) is 20.1. The molecule has 3 rings (SSSR count). The Hall–Kier alpha value is -1.57. The van der Waals surface area contributed by atoms with Crippen LogP contribution in [0.1, 0.15) is 58.1 Å². The molecule has 0 bridgehead atoms. The molecule has 2 saturated heterocycles. The Morgan fingerprint density at radius 2 is 1.97 bits per heavy atom. The molecular weight excluding hydrogens is 392 g/mol. The molecule has 2 N–H and O–H groups in total. The summed E-state index contributed by atoms with van der Waals surface area (Å²) in [6, 6.07) is 4.23. The number of nitrogens with zero attached hydrogens (tertiary/aromatic N) is 2. The SMILES string of the molecule is CCNC(=NCC(c1ccc(C)o1)N1CCOCC1)NCC1CCCOC1C(C)(C)C. The molecule has 0 aromatic carbocycles. The number of morpholine rings is 1. The Balaban J connectivity index is 1.67. The van der Waals surface area contributed by atoms with Gasteiger partial charge in [-0.3, -0.25) is 9.89 Å². The number of nitrogens with one attached hydrogen (secondary N) is 2. The summed E-state index contributed by atoms with van der Waals surface area (Å²) in [5.74, 6) is 3.27. The Labute approximate surface area is 187 Å². The number of aliphatic imine (C=N–C) groups is 1. The van der Waals surface area contributed by atoms with Gasteiger partial charge in [-0.2, -0.15) is 0 Å². The van der Waals surface area contributed by atoms with Gasteiger partial charge in [0.25, 0.3) is 0 Å². The monoisotopic (exact) mass is 434 g/mol. The molecule has 0 aliphatic carbocycles. The highest BCUT2D eigenvalue weighted by Crippen LogP contribution is 2.33. The minimum absolute atomic E-state index is 0.119. The highest BCUT2D eigenvalue weighted by atomic mass is 16.5. The van der Waals surface area contributed by atoms with Crippen LogP contribution >= 0.6 is 0 Å². The van der Waals surface area contributed by atoms with Crippen LogP contribution in [0.2, 0.25) is 0 Å². The van der Waals surface area contributed by atoms with Crippen molar-refractivity contribution < 1.29 is 13.9 Å². The summed E-state index contributed by atoms with van der Waals surface area (Å²) in [4.78, 5) is 7.37. The first-order chi connectivity index (χ1) is 14.9. The predicted octanol–water partition coefficient (Wildman–Crippen LogP) is 3.36. The first-order valence-electron chi connectivity index (χ1n) is 11.9. The van der Waals surface area contributed by atoms with Crippen molar-refractivity contribution in [2.45, 2.75) is 59.6 Å². The third kappa shape index (κ3) is 6.96. The molecular formula is C24H42N4O3. The van der Waals surface area contributed by atoms with Gasteiger partial charge in [-0.25, -0.2) is 0 Å².